The number of nitrogens with zero attached hydrogens (tertiary/aromatic N) is 1. The van der Waals surface area contributed by atoms with Gasteiger partial charge >= 0.3 is 13.2 Å². The molecule has 0 spiro atoms. The Bertz CT molecular complexity index is 597. The van der Waals surface area contributed by atoms with Crippen LogP contribution >= 0.6 is 0 Å². The van der Waals surface area contributed by atoms with Crippen LogP contribution in [0.2, 0.25) is 0 Å². The number of ether oxygens (including phenoxy) is 1. The highest BCUT2D eigenvalue weighted by Gasteiger charge is 2.30. The van der Waals surface area contributed by atoms with E-state index in [2.05, 4.69) is 0 Å². The third-order valence-corrected chi connectivity index (χ3v) is 4.34. The summed E-state index contributed by atoms with van der Waals surface area (Å²) in [5, 5.41) is 18.3. The van der Waals surface area contributed by atoms with E-state index in [4.69, 9.17) is 14.8 Å². The van der Waals surface area contributed by atoms with E-state index in [0.717, 1.165) is 32.1 Å². The van der Waals surface area contributed by atoms with Crippen molar-refractivity contribution in [1.29, 1.82) is 0 Å². The van der Waals surface area contributed by atoms with E-state index in [1.807, 2.05) is 20.8 Å². The van der Waals surface area contributed by atoms with Crippen molar-refractivity contribution in [1.82, 2.24) is 4.90 Å². The summed E-state index contributed by atoms with van der Waals surface area (Å²) >= 11 is 0. The number of halogens is 1. The monoisotopic (exact) mass is 351 g/mol. The summed E-state index contributed by atoms with van der Waals surface area (Å²) in [5.74, 6) is -0.694. The Balaban J connectivity index is 2.20. The van der Waals surface area contributed by atoms with Gasteiger partial charge in [0.2, 0.25) is 0 Å². The summed E-state index contributed by atoms with van der Waals surface area (Å²) in [7, 11) is -1.85. The molecule has 2 N–H and O–H groups in total. The Morgan fingerprint density at radius 2 is 1.92 bits per heavy atom. The normalized spacial score (nSPS) is 15.8. The fraction of sp³-hybridized carbons (Fsp3) is 0.611. The van der Waals surface area contributed by atoms with Crippen LogP contribution in [-0.4, -0.2) is 39.8 Å². The smallest absolute Gasteiger partial charge is 0.444 e. The summed E-state index contributed by atoms with van der Waals surface area (Å²) in [6.45, 7) is 5.70. The van der Waals surface area contributed by atoms with E-state index < -0.39 is 24.6 Å². The van der Waals surface area contributed by atoms with Gasteiger partial charge in [0.05, 0.1) is 0 Å². The number of rotatable bonds is 4. The van der Waals surface area contributed by atoms with Crippen LogP contribution in [-0.2, 0) is 11.3 Å². The van der Waals surface area contributed by atoms with Crippen LogP contribution < -0.4 is 5.46 Å². The van der Waals surface area contributed by atoms with Crippen LogP contribution in [0.4, 0.5) is 9.18 Å². The van der Waals surface area contributed by atoms with Crippen molar-refractivity contribution in [3.05, 3.63) is 29.6 Å². The van der Waals surface area contributed by atoms with E-state index in [-0.39, 0.29) is 18.0 Å². The topological polar surface area (TPSA) is 70.0 Å². The summed E-state index contributed by atoms with van der Waals surface area (Å²) in [6.07, 6.45) is 4.72. The first-order valence-corrected chi connectivity index (χ1v) is 8.81. The lowest BCUT2D eigenvalue weighted by Gasteiger charge is -2.35. The molecule has 0 atom stereocenters. The third kappa shape index (κ3) is 5.71. The van der Waals surface area contributed by atoms with E-state index in [0.29, 0.717) is 5.56 Å². The molecule has 0 heterocycles. The highest BCUT2D eigenvalue weighted by Crippen LogP contribution is 2.26. The molecule has 0 bridgehead atoms. The van der Waals surface area contributed by atoms with Crippen molar-refractivity contribution in [3.8, 4) is 0 Å². The second-order valence-corrected chi connectivity index (χ2v) is 7.63. The highest BCUT2D eigenvalue weighted by molar-refractivity contribution is 6.58. The molecule has 1 aromatic carbocycles. The van der Waals surface area contributed by atoms with E-state index >= 15 is 0 Å². The Kier molecular flexibility index (Phi) is 6.46. The first kappa shape index (κ1) is 19.7. The molecule has 0 aromatic heterocycles. The lowest BCUT2D eigenvalue weighted by Crippen LogP contribution is -2.44. The van der Waals surface area contributed by atoms with Gasteiger partial charge in [0.25, 0.3) is 0 Å². The standard InChI is InChI=1S/C18H27BFNO4/c1-18(2,3)25-17(22)21(14-7-5-4-6-8-14)12-13-9-10-15(19(23)24)16(20)11-13/h9-11,14,23-24H,4-8,12H2,1-3H3. The number of hydrogen-bond donors (Lipinski definition) is 2. The Morgan fingerprint density at radius 1 is 1.28 bits per heavy atom. The van der Waals surface area contributed by atoms with Crippen molar-refractivity contribution in [2.75, 3.05) is 0 Å². The fourth-order valence-electron chi connectivity index (χ4n) is 3.13. The first-order chi connectivity index (χ1) is 11.7. The molecule has 1 saturated carbocycles. The van der Waals surface area contributed by atoms with Gasteiger partial charge in [-0.1, -0.05) is 31.4 Å². The Morgan fingerprint density at radius 3 is 2.44 bits per heavy atom. The predicted molar refractivity (Wildman–Crippen MR) is 94.9 cm³/mol. The maximum Gasteiger partial charge on any atom is 0.491 e. The minimum absolute atomic E-state index is 0.0785. The molecule has 0 unspecified atom stereocenters. The molecule has 7 heteroatoms. The average Bonchev–Trinajstić information content (AvgIpc) is 2.51. The molecular formula is C18H27BFNO4. The molecule has 25 heavy (non-hydrogen) atoms. The fourth-order valence-corrected chi connectivity index (χ4v) is 3.13. The molecule has 1 aliphatic rings. The van der Waals surface area contributed by atoms with Crippen LogP contribution in [0.3, 0.4) is 0 Å². The van der Waals surface area contributed by atoms with Gasteiger partial charge < -0.3 is 19.7 Å². The largest absolute Gasteiger partial charge is 0.491 e. The van der Waals surface area contributed by atoms with Crippen molar-refractivity contribution < 1.29 is 24.0 Å². The molecular weight excluding hydrogens is 324 g/mol. The van der Waals surface area contributed by atoms with Crippen molar-refractivity contribution in [3.63, 3.8) is 0 Å². The predicted octanol–water partition coefficient (Wildman–Crippen LogP) is 2.58. The molecule has 1 fully saturated rings. The van der Waals surface area contributed by atoms with Gasteiger partial charge in [0.15, 0.2) is 0 Å². The number of benzene rings is 1. The third-order valence-electron chi connectivity index (χ3n) is 4.34. The highest BCUT2D eigenvalue weighted by atomic mass is 19.1. The molecule has 138 valence electrons. The summed E-state index contributed by atoms with van der Waals surface area (Å²) in [5.41, 5.74) is -0.177. The second-order valence-electron chi connectivity index (χ2n) is 7.63. The quantitative estimate of drug-likeness (QED) is 0.818. The number of carbonyl (C=O) groups is 1. The van der Waals surface area contributed by atoms with Gasteiger partial charge in [-0.2, -0.15) is 0 Å². The minimum atomic E-state index is -1.85. The zero-order chi connectivity index (χ0) is 18.6. The lowest BCUT2D eigenvalue weighted by atomic mass is 9.79. The SMILES string of the molecule is CC(C)(C)OC(=O)N(Cc1ccc(B(O)O)c(F)c1)C1CCCCC1. The van der Waals surface area contributed by atoms with E-state index in [9.17, 15) is 9.18 Å². The van der Waals surface area contributed by atoms with Crippen LogP contribution in [0.15, 0.2) is 18.2 Å². The summed E-state index contributed by atoms with van der Waals surface area (Å²) < 4.78 is 19.5. The maximum atomic E-state index is 14.0. The van der Waals surface area contributed by atoms with Gasteiger partial charge in [-0.15, -0.1) is 0 Å². The van der Waals surface area contributed by atoms with Gasteiger partial charge in [-0.25, -0.2) is 9.18 Å². The molecule has 5 nitrogen and oxygen atoms in total. The Hall–Kier alpha value is -1.60. The number of amides is 1. The molecule has 0 radical (unpaired) electrons. The van der Waals surface area contributed by atoms with Crippen molar-refractivity contribution in [2.24, 2.45) is 0 Å². The first-order valence-electron chi connectivity index (χ1n) is 8.81. The van der Waals surface area contributed by atoms with Crippen LogP contribution in [0.5, 0.6) is 0 Å². The lowest BCUT2D eigenvalue weighted by molar-refractivity contribution is 0.00986. The summed E-state index contributed by atoms with van der Waals surface area (Å²) in [4.78, 5) is 14.3. The molecule has 1 aromatic rings. The van der Waals surface area contributed by atoms with Crippen LogP contribution in [0, 0.1) is 5.82 Å². The van der Waals surface area contributed by atoms with Gasteiger partial charge in [-0.3, -0.25) is 0 Å². The molecule has 1 aliphatic carbocycles. The van der Waals surface area contributed by atoms with Crippen LogP contribution in [0.25, 0.3) is 0 Å². The van der Waals surface area contributed by atoms with Gasteiger partial charge in [-0.05, 0) is 45.2 Å². The number of hydrogen-bond acceptors (Lipinski definition) is 4. The van der Waals surface area contributed by atoms with Crippen LogP contribution in [0.1, 0.15) is 58.4 Å². The van der Waals surface area contributed by atoms with Crippen molar-refractivity contribution in [2.45, 2.75) is 71.1 Å². The van der Waals surface area contributed by atoms with Crippen molar-refractivity contribution >= 4 is 18.7 Å². The van der Waals surface area contributed by atoms with Gasteiger partial charge in [0, 0.05) is 18.0 Å². The molecule has 0 aliphatic heterocycles. The average molecular weight is 351 g/mol. The minimum Gasteiger partial charge on any atom is -0.444 e. The van der Waals surface area contributed by atoms with Gasteiger partial charge in [0.1, 0.15) is 11.4 Å². The molecule has 2 rings (SSSR count). The number of carbonyl (C=O) groups excluding carboxylic acids is 1. The zero-order valence-corrected chi connectivity index (χ0v) is 15.2. The van der Waals surface area contributed by atoms with E-state index in [1.165, 1.54) is 12.1 Å². The second kappa shape index (κ2) is 8.19. The zero-order valence-electron chi connectivity index (χ0n) is 15.2. The Labute approximate surface area is 148 Å². The van der Waals surface area contributed by atoms with E-state index in [1.54, 1.807) is 11.0 Å². The summed E-state index contributed by atoms with van der Waals surface area (Å²) in [6, 6.07) is 4.27. The maximum absolute atomic E-state index is 14.0. The molecule has 1 amide bonds. The molecule has 0 saturated heterocycles.